The lowest BCUT2D eigenvalue weighted by Gasteiger charge is -2.08. The van der Waals surface area contributed by atoms with Crippen molar-refractivity contribution in [3.05, 3.63) is 46.4 Å². The molecule has 94 valence electrons. The quantitative estimate of drug-likeness (QED) is 0.882. The molecule has 0 radical (unpaired) electrons. The lowest BCUT2D eigenvalue weighted by Crippen LogP contribution is -2.27. The van der Waals surface area contributed by atoms with Gasteiger partial charge in [0, 0.05) is 23.7 Å². The van der Waals surface area contributed by atoms with Gasteiger partial charge in [-0.05, 0) is 22.9 Å². The number of methoxy groups -OCH3 is 1. The molecule has 1 amide bonds. The SMILES string of the molecule is COCCNC(=O)c1cccc2c(Br)cccc12. The Hall–Kier alpha value is -1.39. The van der Waals surface area contributed by atoms with E-state index < -0.39 is 0 Å². The summed E-state index contributed by atoms with van der Waals surface area (Å²) in [6.07, 6.45) is 0. The third-order valence-electron chi connectivity index (χ3n) is 2.71. The third kappa shape index (κ3) is 2.71. The van der Waals surface area contributed by atoms with Crippen LogP contribution >= 0.6 is 15.9 Å². The van der Waals surface area contributed by atoms with Crippen LogP contribution in [0.15, 0.2) is 40.9 Å². The summed E-state index contributed by atoms with van der Waals surface area (Å²) in [7, 11) is 1.61. The van der Waals surface area contributed by atoms with E-state index in [1.54, 1.807) is 7.11 Å². The van der Waals surface area contributed by atoms with Gasteiger partial charge in [0.25, 0.3) is 5.91 Å². The summed E-state index contributed by atoms with van der Waals surface area (Å²) >= 11 is 3.49. The molecule has 0 aromatic heterocycles. The maximum Gasteiger partial charge on any atom is 0.251 e. The van der Waals surface area contributed by atoms with E-state index in [9.17, 15) is 4.79 Å². The number of halogens is 1. The second-order valence-electron chi connectivity index (χ2n) is 3.89. The van der Waals surface area contributed by atoms with E-state index in [2.05, 4.69) is 21.2 Å². The van der Waals surface area contributed by atoms with Crippen molar-refractivity contribution in [2.75, 3.05) is 20.3 Å². The molecule has 0 aliphatic carbocycles. The minimum absolute atomic E-state index is 0.0734. The van der Waals surface area contributed by atoms with Crippen molar-refractivity contribution in [1.82, 2.24) is 5.32 Å². The number of carbonyl (C=O) groups is 1. The lowest BCUT2D eigenvalue weighted by molar-refractivity contribution is 0.0939. The van der Waals surface area contributed by atoms with Crippen LogP contribution in [0.25, 0.3) is 10.8 Å². The molecule has 0 bridgehead atoms. The molecule has 0 aliphatic heterocycles. The molecule has 0 unspecified atom stereocenters. The summed E-state index contributed by atoms with van der Waals surface area (Å²) in [4.78, 5) is 12.1. The van der Waals surface area contributed by atoms with Crippen LogP contribution in [-0.2, 0) is 4.74 Å². The van der Waals surface area contributed by atoms with Crippen LogP contribution in [0.3, 0.4) is 0 Å². The summed E-state index contributed by atoms with van der Waals surface area (Å²) in [5.41, 5.74) is 0.685. The number of fused-ring (bicyclic) bond motifs is 1. The highest BCUT2D eigenvalue weighted by Crippen LogP contribution is 2.26. The minimum atomic E-state index is -0.0734. The van der Waals surface area contributed by atoms with Crippen molar-refractivity contribution >= 4 is 32.6 Å². The van der Waals surface area contributed by atoms with Gasteiger partial charge < -0.3 is 10.1 Å². The van der Waals surface area contributed by atoms with E-state index in [1.165, 1.54) is 0 Å². The van der Waals surface area contributed by atoms with Gasteiger partial charge in [0.1, 0.15) is 0 Å². The van der Waals surface area contributed by atoms with Crippen LogP contribution in [0.2, 0.25) is 0 Å². The van der Waals surface area contributed by atoms with Gasteiger partial charge in [-0.2, -0.15) is 0 Å². The maximum absolute atomic E-state index is 12.1. The zero-order chi connectivity index (χ0) is 13.0. The second-order valence-corrected chi connectivity index (χ2v) is 4.74. The standard InChI is InChI=1S/C14H14BrNO2/c1-18-9-8-16-14(17)12-6-2-5-11-10(12)4-3-7-13(11)15/h2-7H,8-9H2,1H3,(H,16,17). The average Bonchev–Trinajstić information content (AvgIpc) is 2.39. The molecule has 0 atom stereocenters. The van der Waals surface area contributed by atoms with Gasteiger partial charge in [0.05, 0.1) is 6.61 Å². The van der Waals surface area contributed by atoms with Crippen molar-refractivity contribution in [2.45, 2.75) is 0 Å². The predicted octanol–water partition coefficient (Wildman–Crippen LogP) is 2.98. The molecule has 0 saturated heterocycles. The van der Waals surface area contributed by atoms with E-state index in [1.807, 2.05) is 36.4 Å². The Morgan fingerprint density at radius 3 is 2.72 bits per heavy atom. The normalized spacial score (nSPS) is 10.6. The van der Waals surface area contributed by atoms with Gasteiger partial charge in [-0.15, -0.1) is 0 Å². The molecule has 1 N–H and O–H groups in total. The first-order chi connectivity index (χ1) is 8.74. The largest absolute Gasteiger partial charge is 0.383 e. The summed E-state index contributed by atoms with van der Waals surface area (Å²) in [5.74, 6) is -0.0734. The Morgan fingerprint density at radius 1 is 1.22 bits per heavy atom. The number of nitrogens with one attached hydrogen (secondary N) is 1. The molecule has 18 heavy (non-hydrogen) atoms. The van der Waals surface area contributed by atoms with Crippen molar-refractivity contribution in [3.8, 4) is 0 Å². The van der Waals surface area contributed by atoms with E-state index in [0.29, 0.717) is 18.7 Å². The molecule has 2 rings (SSSR count). The Labute approximate surface area is 114 Å². The van der Waals surface area contributed by atoms with Gasteiger partial charge in [-0.25, -0.2) is 0 Å². The van der Waals surface area contributed by atoms with Gasteiger partial charge >= 0.3 is 0 Å². The first kappa shape index (κ1) is 13.1. The van der Waals surface area contributed by atoms with Gasteiger partial charge in [0.15, 0.2) is 0 Å². The van der Waals surface area contributed by atoms with Crippen LogP contribution in [0.5, 0.6) is 0 Å². The number of hydrogen-bond acceptors (Lipinski definition) is 2. The smallest absolute Gasteiger partial charge is 0.251 e. The zero-order valence-electron chi connectivity index (χ0n) is 10.1. The van der Waals surface area contributed by atoms with Crippen molar-refractivity contribution in [1.29, 1.82) is 0 Å². The fraction of sp³-hybridized carbons (Fsp3) is 0.214. The molecule has 0 spiro atoms. The van der Waals surface area contributed by atoms with Crippen LogP contribution in [0.1, 0.15) is 10.4 Å². The summed E-state index contributed by atoms with van der Waals surface area (Å²) in [6.45, 7) is 1.03. The second kappa shape index (κ2) is 5.98. The molecule has 2 aromatic rings. The Balaban J connectivity index is 2.33. The number of benzene rings is 2. The molecule has 3 nitrogen and oxygen atoms in total. The molecular formula is C14H14BrNO2. The number of hydrogen-bond donors (Lipinski definition) is 1. The average molecular weight is 308 g/mol. The zero-order valence-corrected chi connectivity index (χ0v) is 11.7. The van der Waals surface area contributed by atoms with Crippen molar-refractivity contribution in [3.63, 3.8) is 0 Å². The summed E-state index contributed by atoms with van der Waals surface area (Å²) < 4.78 is 5.90. The number of carbonyl (C=O) groups excluding carboxylic acids is 1. The Morgan fingerprint density at radius 2 is 1.94 bits per heavy atom. The highest BCUT2D eigenvalue weighted by Gasteiger charge is 2.10. The van der Waals surface area contributed by atoms with E-state index >= 15 is 0 Å². The summed E-state index contributed by atoms with van der Waals surface area (Å²) in [5, 5.41) is 4.82. The molecule has 0 saturated carbocycles. The number of amides is 1. The van der Waals surface area contributed by atoms with Gasteiger partial charge in [0.2, 0.25) is 0 Å². The first-order valence-corrected chi connectivity index (χ1v) is 6.47. The lowest BCUT2D eigenvalue weighted by atomic mass is 10.0. The predicted molar refractivity (Wildman–Crippen MR) is 75.9 cm³/mol. The van der Waals surface area contributed by atoms with E-state index in [-0.39, 0.29) is 5.91 Å². The number of rotatable bonds is 4. The highest BCUT2D eigenvalue weighted by molar-refractivity contribution is 9.10. The van der Waals surface area contributed by atoms with E-state index in [4.69, 9.17) is 4.74 Å². The Kier molecular flexibility index (Phi) is 4.33. The molecule has 2 aromatic carbocycles. The highest BCUT2D eigenvalue weighted by atomic mass is 79.9. The van der Waals surface area contributed by atoms with Crippen molar-refractivity contribution < 1.29 is 9.53 Å². The topological polar surface area (TPSA) is 38.3 Å². The van der Waals surface area contributed by atoms with Crippen LogP contribution < -0.4 is 5.32 Å². The molecule has 4 heteroatoms. The Bertz CT molecular complexity index is 569. The van der Waals surface area contributed by atoms with Crippen LogP contribution in [0, 0.1) is 0 Å². The molecular weight excluding hydrogens is 294 g/mol. The maximum atomic E-state index is 12.1. The molecule has 0 aliphatic rings. The van der Waals surface area contributed by atoms with Crippen LogP contribution in [-0.4, -0.2) is 26.2 Å². The fourth-order valence-electron chi connectivity index (χ4n) is 1.83. The van der Waals surface area contributed by atoms with Gasteiger partial charge in [-0.1, -0.05) is 40.2 Å². The minimum Gasteiger partial charge on any atom is -0.383 e. The van der Waals surface area contributed by atoms with Gasteiger partial charge in [-0.3, -0.25) is 4.79 Å². The van der Waals surface area contributed by atoms with E-state index in [0.717, 1.165) is 15.2 Å². The third-order valence-corrected chi connectivity index (χ3v) is 3.40. The summed E-state index contributed by atoms with van der Waals surface area (Å²) in [6, 6.07) is 11.6. The molecule has 0 fully saturated rings. The first-order valence-electron chi connectivity index (χ1n) is 5.68. The molecule has 0 heterocycles. The van der Waals surface area contributed by atoms with Crippen LogP contribution in [0.4, 0.5) is 0 Å². The fourth-order valence-corrected chi connectivity index (χ4v) is 2.33. The van der Waals surface area contributed by atoms with Crippen molar-refractivity contribution in [2.24, 2.45) is 0 Å². The number of ether oxygens (including phenoxy) is 1. The monoisotopic (exact) mass is 307 g/mol.